The maximum absolute atomic E-state index is 12.2. The van der Waals surface area contributed by atoms with Crippen LogP contribution in [0.1, 0.15) is 17.0 Å². The van der Waals surface area contributed by atoms with Gasteiger partial charge in [-0.25, -0.2) is 23.1 Å². The first kappa shape index (κ1) is 19.1. The molecule has 0 spiro atoms. The summed E-state index contributed by atoms with van der Waals surface area (Å²) in [5.41, 5.74) is 1.82. The maximum Gasteiger partial charge on any atom is 0.215 e. The number of anilines is 1. The number of hydrogen-bond donors (Lipinski definition) is 2. The summed E-state index contributed by atoms with van der Waals surface area (Å²) < 4.78 is 28.9. The number of aromatic nitrogens is 3. The smallest absolute Gasteiger partial charge is 0.215 e. The van der Waals surface area contributed by atoms with Crippen LogP contribution in [-0.2, 0) is 15.8 Å². The van der Waals surface area contributed by atoms with E-state index >= 15 is 0 Å². The van der Waals surface area contributed by atoms with E-state index < -0.39 is 10.0 Å². The molecule has 8 heteroatoms. The van der Waals surface area contributed by atoms with Crippen LogP contribution in [-0.4, -0.2) is 36.0 Å². The molecule has 7 nitrogen and oxygen atoms in total. The average molecular weight is 385 g/mol. The van der Waals surface area contributed by atoms with Crippen LogP contribution in [0.3, 0.4) is 0 Å². The van der Waals surface area contributed by atoms with Crippen molar-refractivity contribution in [3.8, 4) is 5.82 Å². The number of benzene rings is 1. The first-order chi connectivity index (χ1) is 12.9. The fraction of sp³-hybridized carbons (Fsp3) is 0.263. The average Bonchev–Trinajstić information content (AvgIpc) is 3.13. The van der Waals surface area contributed by atoms with Crippen molar-refractivity contribution in [1.29, 1.82) is 0 Å². The fourth-order valence-corrected chi connectivity index (χ4v) is 3.87. The third-order valence-electron chi connectivity index (χ3n) is 3.89. The summed E-state index contributed by atoms with van der Waals surface area (Å²) in [5.74, 6) is 2.03. The van der Waals surface area contributed by atoms with Crippen molar-refractivity contribution >= 4 is 15.8 Å². The van der Waals surface area contributed by atoms with E-state index in [-0.39, 0.29) is 12.3 Å². The van der Waals surface area contributed by atoms with Gasteiger partial charge < -0.3 is 9.88 Å². The molecule has 0 amide bonds. The van der Waals surface area contributed by atoms with Crippen molar-refractivity contribution in [3.05, 3.63) is 71.8 Å². The molecule has 0 saturated heterocycles. The van der Waals surface area contributed by atoms with Crippen LogP contribution >= 0.6 is 0 Å². The topological polar surface area (TPSA) is 88.9 Å². The van der Waals surface area contributed by atoms with Crippen LogP contribution in [0, 0.1) is 13.8 Å². The van der Waals surface area contributed by atoms with E-state index in [0.29, 0.717) is 18.2 Å². The van der Waals surface area contributed by atoms with Gasteiger partial charge in [-0.05, 0) is 31.5 Å². The summed E-state index contributed by atoms with van der Waals surface area (Å²) in [4.78, 5) is 8.74. The molecule has 0 aliphatic rings. The molecule has 3 rings (SSSR count). The number of aryl methyl sites for hydroxylation is 2. The molecule has 2 heterocycles. The van der Waals surface area contributed by atoms with Gasteiger partial charge in [0.25, 0.3) is 0 Å². The summed E-state index contributed by atoms with van der Waals surface area (Å²) >= 11 is 0. The summed E-state index contributed by atoms with van der Waals surface area (Å²) in [7, 11) is -3.38. The second kappa shape index (κ2) is 8.32. The van der Waals surface area contributed by atoms with Gasteiger partial charge in [0.2, 0.25) is 10.0 Å². The van der Waals surface area contributed by atoms with Crippen LogP contribution < -0.4 is 10.0 Å². The van der Waals surface area contributed by atoms with E-state index in [9.17, 15) is 8.42 Å². The number of nitrogens with one attached hydrogen (secondary N) is 2. The van der Waals surface area contributed by atoms with E-state index in [1.54, 1.807) is 0 Å². The maximum atomic E-state index is 12.2. The lowest BCUT2D eigenvalue weighted by molar-refractivity contribution is 0.582. The molecule has 3 aromatic rings. The Balaban J connectivity index is 1.54. The summed E-state index contributed by atoms with van der Waals surface area (Å²) in [6.45, 7) is 4.46. The van der Waals surface area contributed by atoms with Gasteiger partial charge >= 0.3 is 0 Å². The quantitative estimate of drug-likeness (QED) is 0.581. The third-order valence-corrected chi connectivity index (χ3v) is 5.24. The predicted octanol–water partition coefficient (Wildman–Crippen LogP) is 2.42. The molecule has 2 aromatic heterocycles. The standard InChI is InChI=1S/C19H23N5O2S/c1-15-6-5-7-17(12-15)14-27(25,26)21-9-8-20-18-13-19(23-16(2)22-18)24-10-3-4-11-24/h3-7,10-13,21H,8-9,14H2,1-2H3,(H,20,22,23). The Morgan fingerprint density at radius 3 is 2.52 bits per heavy atom. The zero-order valence-corrected chi connectivity index (χ0v) is 16.2. The van der Waals surface area contributed by atoms with Crippen molar-refractivity contribution in [3.63, 3.8) is 0 Å². The Morgan fingerprint density at radius 2 is 1.78 bits per heavy atom. The highest BCUT2D eigenvalue weighted by Gasteiger charge is 2.11. The number of nitrogens with zero attached hydrogens (tertiary/aromatic N) is 3. The lowest BCUT2D eigenvalue weighted by Crippen LogP contribution is -2.30. The number of hydrogen-bond acceptors (Lipinski definition) is 5. The van der Waals surface area contributed by atoms with Gasteiger partial charge in [-0.2, -0.15) is 0 Å². The van der Waals surface area contributed by atoms with E-state index in [0.717, 1.165) is 16.9 Å². The molecule has 0 aliphatic heterocycles. The Morgan fingerprint density at radius 1 is 1.00 bits per heavy atom. The summed E-state index contributed by atoms with van der Waals surface area (Å²) in [6, 6.07) is 13.2. The van der Waals surface area contributed by atoms with Gasteiger partial charge in [0.15, 0.2) is 0 Å². The van der Waals surface area contributed by atoms with Crippen LogP contribution in [0.2, 0.25) is 0 Å². The van der Waals surface area contributed by atoms with Gasteiger partial charge in [-0.3, -0.25) is 0 Å². The summed E-state index contributed by atoms with van der Waals surface area (Å²) in [6.07, 6.45) is 3.82. The first-order valence-electron chi connectivity index (χ1n) is 8.67. The number of rotatable bonds is 8. The Labute approximate surface area is 159 Å². The van der Waals surface area contributed by atoms with Crippen molar-refractivity contribution < 1.29 is 8.42 Å². The normalized spacial score (nSPS) is 11.5. The van der Waals surface area contributed by atoms with Crippen LogP contribution in [0.4, 0.5) is 5.82 Å². The van der Waals surface area contributed by atoms with Crippen LogP contribution in [0.25, 0.3) is 5.82 Å². The Hall–Kier alpha value is -2.71. The molecule has 2 N–H and O–H groups in total. The van der Waals surface area contributed by atoms with Crippen molar-refractivity contribution in [2.24, 2.45) is 0 Å². The molecule has 0 saturated carbocycles. The molecule has 142 valence electrons. The van der Waals surface area contributed by atoms with E-state index in [1.807, 2.05) is 73.3 Å². The Bertz CT molecular complexity index is 1000. The third kappa shape index (κ3) is 5.63. The van der Waals surface area contributed by atoms with Crippen molar-refractivity contribution in [2.45, 2.75) is 19.6 Å². The van der Waals surface area contributed by atoms with Crippen LogP contribution in [0.5, 0.6) is 0 Å². The highest BCUT2D eigenvalue weighted by molar-refractivity contribution is 7.88. The second-order valence-corrected chi connectivity index (χ2v) is 8.13. The predicted molar refractivity (Wildman–Crippen MR) is 106 cm³/mol. The monoisotopic (exact) mass is 385 g/mol. The first-order valence-corrected chi connectivity index (χ1v) is 10.3. The van der Waals surface area contributed by atoms with Gasteiger partial charge in [-0.15, -0.1) is 0 Å². The number of sulfonamides is 1. The van der Waals surface area contributed by atoms with Gasteiger partial charge in [0.1, 0.15) is 17.5 Å². The highest BCUT2D eigenvalue weighted by atomic mass is 32.2. The molecule has 27 heavy (non-hydrogen) atoms. The SMILES string of the molecule is Cc1cccc(CS(=O)(=O)NCCNc2cc(-n3cccc3)nc(C)n2)c1. The van der Waals surface area contributed by atoms with Crippen LogP contribution in [0.15, 0.2) is 54.9 Å². The molecule has 0 aliphatic carbocycles. The van der Waals surface area contributed by atoms with E-state index in [4.69, 9.17) is 0 Å². The van der Waals surface area contributed by atoms with Gasteiger partial charge in [-0.1, -0.05) is 29.8 Å². The molecule has 0 radical (unpaired) electrons. The minimum atomic E-state index is -3.38. The molecule has 0 fully saturated rings. The minimum absolute atomic E-state index is 0.0287. The zero-order valence-electron chi connectivity index (χ0n) is 15.4. The fourth-order valence-electron chi connectivity index (χ4n) is 2.73. The largest absolute Gasteiger partial charge is 0.369 e. The van der Waals surface area contributed by atoms with Crippen molar-refractivity contribution in [1.82, 2.24) is 19.3 Å². The molecule has 0 atom stereocenters. The molecule has 0 bridgehead atoms. The molecule has 1 aromatic carbocycles. The second-order valence-electron chi connectivity index (χ2n) is 6.32. The lowest BCUT2D eigenvalue weighted by atomic mass is 10.2. The van der Waals surface area contributed by atoms with E-state index in [1.165, 1.54) is 0 Å². The zero-order chi connectivity index (χ0) is 19.3. The van der Waals surface area contributed by atoms with E-state index in [2.05, 4.69) is 20.0 Å². The molecular weight excluding hydrogens is 362 g/mol. The Kier molecular flexibility index (Phi) is 5.88. The minimum Gasteiger partial charge on any atom is -0.369 e. The highest BCUT2D eigenvalue weighted by Crippen LogP contribution is 2.11. The van der Waals surface area contributed by atoms with Crippen molar-refractivity contribution in [2.75, 3.05) is 18.4 Å². The summed E-state index contributed by atoms with van der Waals surface area (Å²) in [5, 5.41) is 3.14. The molecular formula is C19H23N5O2S. The molecule has 0 unspecified atom stereocenters. The van der Waals surface area contributed by atoms with Gasteiger partial charge in [0, 0.05) is 31.5 Å². The van der Waals surface area contributed by atoms with Gasteiger partial charge in [0.05, 0.1) is 5.75 Å². The lowest BCUT2D eigenvalue weighted by Gasteiger charge is -2.10.